The topological polar surface area (TPSA) is 116 Å². The van der Waals surface area contributed by atoms with Gasteiger partial charge in [-0.1, -0.05) is 38.0 Å². The van der Waals surface area contributed by atoms with Gasteiger partial charge in [-0.25, -0.2) is 9.59 Å². The van der Waals surface area contributed by atoms with E-state index in [0.717, 1.165) is 19.3 Å². The van der Waals surface area contributed by atoms with Gasteiger partial charge in [0.05, 0.1) is 6.61 Å². The summed E-state index contributed by atoms with van der Waals surface area (Å²) in [4.78, 5) is 49.8. The van der Waals surface area contributed by atoms with Crippen LogP contribution in [0, 0.1) is 11.3 Å². The van der Waals surface area contributed by atoms with E-state index < -0.39 is 40.5 Å². The number of allylic oxidation sites excluding steroid dienone is 3. The van der Waals surface area contributed by atoms with Crippen LogP contribution in [-0.2, 0) is 33.4 Å². The zero-order valence-electron chi connectivity index (χ0n) is 21.1. The number of aliphatic carboxylic acids is 1. The molecule has 0 spiro atoms. The van der Waals surface area contributed by atoms with E-state index in [2.05, 4.69) is 6.92 Å². The summed E-state index contributed by atoms with van der Waals surface area (Å²) < 4.78 is 17.5. The maximum absolute atomic E-state index is 13.6. The van der Waals surface area contributed by atoms with E-state index in [1.165, 1.54) is 19.9 Å². The number of ether oxygens (including phenoxy) is 3. The average molecular weight is 489 g/mol. The molecule has 1 saturated heterocycles. The lowest BCUT2D eigenvalue weighted by Crippen LogP contribution is -2.65. The Bertz CT molecular complexity index is 976. The van der Waals surface area contributed by atoms with Crippen LogP contribution in [0.25, 0.3) is 0 Å². The van der Waals surface area contributed by atoms with Crippen molar-refractivity contribution in [1.82, 2.24) is 0 Å². The molecule has 35 heavy (non-hydrogen) atoms. The molecular weight excluding hydrogens is 452 g/mol. The SMILES string of the molecule is CCCCCOC(=O)C1=CC[C@@]23CC[C@@H]([C@@](C)(/C=C/C=C(\C)C(=O)O)OC2=O)[C@@]3(OC(C)=O)CC1. The van der Waals surface area contributed by atoms with Gasteiger partial charge in [0.15, 0.2) is 0 Å². The molecule has 0 unspecified atom stereocenters. The second kappa shape index (κ2) is 10.4. The van der Waals surface area contributed by atoms with Crippen LogP contribution in [-0.4, -0.2) is 46.8 Å². The van der Waals surface area contributed by atoms with E-state index in [1.54, 1.807) is 25.2 Å². The Morgan fingerprint density at radius 2 is 1.97 bits per heavy atom. The highest BCUT2D eigenvalue weighted by molar-refractivity contribution is 5.90. The van der Waals surface area contributed by atoms with Gasteiger partial charge in [0.2, 0.25) is 0 Å². The van der Waals surface area contributed by atoms with Crippen molar-refractivity contribution in [3.8, 4) is 0 Å². The van der Waals surface area contributed by atoms with Crippen LogP contribution >= 0.6 is 0 Å². The summed E-state index contributed by atoms with van der Waals surface area (Å²) in [5.41, 5.74) is -2.68. The minimum atomic E-state index is -1.14. The predicted molar refractivity (Wildman–Crippen MR) is 127 cm³/mol. The highest BCUT2D eigenvalue weighted by atomic mass is 16.6. The number of carbonyl (C=O) groups is 4. The Morgan fingerprint density at radius 1 is 1.23 bits per heavy atom. The lowest BCUT2D eigenvalue weighted by atomic mass is 9.62. The zero-order valence-corrected chi connectivity index (χ0v) is 21.1. The molecule has 4 atom stereocenters. The number of carbonyl (C=O) groups excluding carboxylic acids is 3. The Kier molecular flexibility index (Phi) is 7.92. The van der Waals surface area contributed by atoms with Gasteiger partial charge in [-0.3, -0.25) is 9.59 Å². The first-order chi connectivity index (χ1) is 16.5. The zero-order chi connectivity index (χ0) is 25.9. The van der Waals surface area contributed by atoms with Crippen LogP contribution < -0.4 is 0 Å². The number of rotatable bonds is 9. The van der Waals surface area contributed by atoms with Crippen LogP contribution in [0.5, 0.6) is 0 Å². The van der Waals surface area contributed by atoms with E-state index in [1.807, 2.05) is 0 Å². The van der Waals surface area contributed by atoms with Crippen molar-refractivity contribution in [2.75, 3.05) is 6.61 Å². The Morgan fingerprint density at radius 3 is 2.63 bits per heavy atom. The summed E-state index contributed by atoms with van der Waals surface area (Å²) >= 11 is 0. The molecule has 3 rings (SSSR count). The molecule has 192 valence electrons. The second-order valence-electron chi connectivity index (χ2n) is 10.0. The maximum atomic E-state index is 13.6. The molecule has 2 aliphatic carbocycles. The normalized spacial score (nSPS) is 32.3. The first kappa shape index (κ1) is 26.7. The van der Waals surface area contributed by atoms with Crippen molar-refractivity contribution >= 4 is 23.9 Å². The van der Waals surface area contributed by atoms with Crippen molar-refractivity contribution in [2.24, 2.45) is 11.3 Å². The van der Waals surface area contributed by atoms with Gasteiger partial charge >= 0.3 is 23.9 Å². The average Bonchev–Trinajstić information content (AvgIpc) is 2.93. The fourth-order valence-electron chi connectivity index (χ4n) is 5.93. The fourth-order valence-corrected chi connectivity index (χ4v) is 5.93. The molecule has 0 aromatic heterocycles. The maximum Gasteiger partial charge on any atom is 0.333 e. The highest BCUT2D eigenvalue weighted by Crippen LogP contribution is 2.65. The summed E-state index contributed by atoms with van der Waals surface area (Å²) in [7, 11) is 0. The van der Waals surface area contributed by atoms with Crippen molar-refractivity contribution in [3.63, 3.8) is 0 Å². The van der Waals surface area contributed by atoms with Gasteiger partial charge < -0.3 is 19.3 Å². The molecular formula is C27H36O8. The fraction of sp³-hybridized carbons (Fsp3) is 0.630. The largest absolute Gasteiger partial charge is 0.478 e. The minimum Gasteiger partial charge on any atom is -0.478 e. The van der Waals surface area contributed by atoms with E-state index in [-0.39, 0.29) is 17.9 Å². The van der Waals surface area contributed by atoms with Gasteiger partial charge in [0.25, 0.3) is 0 Å². The Balaban J connectivity index is 1.94. The summed E-state index contributed by atoms with van der Waals surface area (Å²) in [6.07, 6.45) is 11.1. The second-order valence-corrected chi connectivity index (χ2v) is 10.0. The van der Waals surface area contributed by atoms with E-state index >= 15 is 0 Å². The molecule has 1 saturated carbocycles. The number of carboxylic acids is 1. The third-order valence-electron chi connectivity index (χ3n) is 7.77. The summed E-state index contributed by atoms with van der Waals surface area (Å²) in [6.45, 7) is 6.99. The van der Waals surface area contributed by atoms with Gasteiger partial charge in [0.1, 0.15) is 16.6 Å². The monoisotopic (exact) mass is 488 g/mol. The quantitative estimate of drug-likeness (QED) is 0.167. The van der Waals surface area contributed by atoms with Gasteiger partial charge in [-0.2, -0.15) is 0 Å². The van der Waals surface area contributed by atoms with E-state index in [4.69, 9.17) is 19.3 Å². The van der Waals surface area contributed by atoms with E-state index in [0.29, 0.717) is 37.9 Å². The molecule has 0 aromatic rings. The lowest BCUT2D eigenvalue weighted by molar-refractivity contribution is -0.235. The molecule has 2 fully saturated rings. The van der Waals surface area contributed by atoms with Crippen molar-refractivity contribution in [3.05, 3.63) is 35.5 Å². The number of hydrogen-bond acceptors (Lipinski definition) is 7. The van der Waals surface area contributed by atoms with Crippen molar-refractivity contribution < 1.29 is 38.5 Å². The standard InChI is InChI=1S/C27H36O8/c1-5-6-7-17-33-23(31)20-10-14-26-15-12-21(27(26,16-11-20)34-19(3)28)25(4,35-24(26)32)13-8-9-18(2)22(29)30/h8-10,13,21H,5-7,11-12,14-17H2,1-4H3,(H,29,30)/b13-8+,18-9+/t21-,25+,26+,27-/m0/s1. The Hall–Kier alpha value is -2.90. The number of hydrogen-bond donors (Lipinski definition) is 1. The minimum absolute atomic E-state index is 0.142. The number of carboxylic acid groups (broad SMARTS) is 1. The highest BCUT2D eigenvalue weighted by Gasteiger charge is 2.74. The molecule has 0 aromatic carbocycles. The summed E-state index contributed by atoms with van der Waals surface area (Å²) in [5.74, 6) is -2.74. The summed E-state index contributed by atoms with van der Waals surface area (Å²) in [5, 5.41) is 9.12. The van der Waals surface area contributed by atoms with Gasteiger partial charge in [0, 0.05) is 24.0 Å². The summed E-state index contributed by atoms with van der Waals surface area (Å²) in [6, 6.07) is 0. The third kappa shape index (κ3) is 4.93. The van der Waals surface area contributed by atoms with Gasteiger partial charge in [-0.15, -0.1) is 0 Å². The van der Waals surface area contributed by atoms with Crippen molar-refractivity contribution in [1.29, 1.82) is 0 Å². The van der Waals surface area contributed by atoms with E-state index in [9.17, 15) is 19.2 Å². The molecule has 1 aliphatic heterocycles. The van der Waals surface area contributed by atoms with Crippen LogP contribution in [0.1, 0.15) is 79.1 Å². The third-order valence-corrected chi connectivity index (χ3v) is 7.77. The first-order valence-electron chi connectivity index (χ1n) is 12.4. The first-order valence-corrected chi connectivity index (χ1v) is 12.4. The molecule has 0 amide bonds. The molecule has 8 heteroatoms. The van der Waals surface area contributed by atoms with Crippen LogP contribution in [0.15, 0.2) is 35.5 Å². The van der Waals surface area contributed by atoms with Crippen LogP contribution in [0.2, 0.25) is 0 Å². The van der Waals surface area contributed by atoms with Crippen LogP contribution in [0.4, 0.5) is 0 Å². The molecule has 8 nitrogen and oxygen atoms in total. The number of unbranched alkanes of at least 4 members (excludes halogenated alkanes) is 2. The lowest BCUT2D eigenvalue weighted by Gasteiger charge is -2.54. The van der Waals surface area contributed by atoms with Gasteiger partial charge in [-0.05, 0) is 58.4 Å². The predicted octanol–water partition coefficient (Wildman–Crippen LogP) is 4.43. The molecule has 2 bridgehead atoms. The molecule has 1 N–H and O–H groups in total. The number of cyclic esters (lactones) is 1. The molecule has 3 aliphatic rings. The van der Waals surface area contributed by atoms with Crippen LogP contribution in [0.3, 0.4) is 0 Å². The molecule has 1 heterocycles. The van der Waals surface area contributed by atoms with Crippen molar-refractivity contribution in [2.45, 2.75) is 90.3 Å². The smallest absolute Gasteiger partial charge is 0.333 e. The molecule has 0 radical (unpaired) electrons. The number of esters is 3. The Labute approximate surface area is 206 Å².